The largest absolute Gasteiger partial charge is 0.468 e. The molecule has 0 amide bonds. The molecule has 2 aromatic heterocycles. The minimum Gasteiger partial charge on any atom is -0.468 e. The van der Waals surface area contributed by atoms with Crippen LogP contribution in [0.2, 0.25) is 0 Å². The predicted molar refractivity (Wildman–Crippen MR) is 306 cm³/mol. The fourth-order valence-electron chi connectivity index (χ4n) is 11.3. The lowest BCUT2D eigenvalue weighted by Gasteiger charge is -2.45. The van der Waals surface area contributed by atoms with E-state index in [2.05, 4.69) is 246 Å². The molecule has 0 fully saturated rings. The molecule has 0 unspecified atom stereocenters. The molecule has 0 radical (unpaired) electrons. The fourth-order valence-corrected chi connectivity index (χ4v) is 12.3. The zero-order valence-corrected chi connectivity index (χ0v) is 44.8. The van der Waals surface area contributed by atoms with Crippen LogP contribution in [0.25, 0.3) is 43.3 Å². The molecule has 0 saturated heterocycles. The van der Waals surface area contributed by atoms with Crippen LogP contribution in [0.15, 0.2) is 137 Å². The summed E-state index contributed by atoms with van der Waals surface area (Å²) < 4.78 is 8.82. The van der Waals surface area contributed by atoms with E-state index < -0.39 is 0 Å². The Hall–Kier alpha value is -6.30. The summed E-state index contributed by atoms with van der Waals surface area (Å²) in [7, 11) is 0. The number of furan rings is 1. The number of rotatable bonds is 4. The molecule has 2 aliphatic rings. The van der Waals surface area contributed by atoms with Crippen LogP contribution in [-0.4, -0.2) is 6.71 Å². The van der Waals surface area contributed by atoms with Crippen molar-refractivity contribution in [2.24, 2.45) is 0 Å². The summed E-state index contributed by atoms with van der Waals surface area (Å²) >= 11 is 1.82. The van der Waals surface area contributed by atoms with Crippen LogP contribution in [0.1, 0.15) is 122 Å². The van der Waals surface area contributed by atoms with E-state index in [4.69, 9.17) is 4.42 Å². The number of thiophene rings is 1. The van der Waals surface area contributed by atoms with Gasteiger partial charge in [-0.1, -0.05) is 168 Å². The maximum atomic E-state index is 7.52. The third-order valence-corrected chi connectivity index (χ3v) is 16.2. The molecule has 0 N–H and O–H groups in total. The molecule has 0 bridgehead atoms. The third-order valence-electron chi connectivity index (χ3n) is 15.2. The number of hydrogen-bond donors (Lipinski definition) is 0. The van der Waals surface area contributed by atoms with Gasteiger partial charge in [0.2, 0.25) is 0 Å². The summed E-state index contributed by atoms with van der Waals surface area (Å²) in [6.45, 7) is 34.8. The van der Waals surface area contributed by atoms with Gasteiger partial charge in [0, 0.05) is 43.7 Å². The van der Waals surface area contributed by atoms with Crippen molar-refractivity contribution in [3.8, 4) is 22.3 Å². The number of anilines is 6. The van der Waals surface area contributed by atoms with Crippen LogP contribution in [0, 0.1) is 20.8 Å². The molecule has 7 aromatic carbocycles. The standard InChI is InChI=1S/C65H67BN2OS/c1-38-29-44(63(7,8)9)30-39(2)58(38)68-54-36-46(65(13,14)15)35-53-57(54)66(61-60(68)49-33-43(62(4,5)6)26-28-55(49)69-61)51-32-42(50-37-70-56-24-20-19-23-47(50)56)25-27-52(51)67(53)59-40(3)31-45(64(10,11)12)34-48(59)41-21-17-16-18-22-41/h16-37H,1-15H3. The Labute approximate surface area is 421 Å². The van der Waals surface area contributed by atoms with Gasteiger partial charge in [-0.3, -0.25) is 0 Å². The van der Waals surface area contributed by atoms with Gasteiger partial charge in [-0.15, -0.1) is 11.3 Å². The second kappa shape index (κ2) is 15.9. The maximum absolute atomic E-state index is 7.52. The van der Waals surface area contributed by atoms with Crippen molar-refractivity contribution in [3.63, 3.8) is 0 Å². The highest BCUT2D eigenvalue weighted by atomic mass is 32.1. The first kappa shape index (κ1) is 46.1. The lowest BCUT2D eigenvalue weighted by atomic mass is 9.35. The predicted octanol–water partition coefficient (Wildman–Crippen LogP) is 17.2. The highest BCUT2D eigenvalue weighted by molar-refractivity contribution is 7.17. The van der Waals surface area contributed by atoms with E-state index in [-0.39, 0.29) is 28.4 Å². The zero-order valence-electron chi connectivity index (χ0n) is 44.0. The lowest BCUT2D eigenvalue weighted by molar-refractivity contribution is 0.589. The number of nitrogens with zero attached hydrogens (tertiary/aromatic N) is 2. The molecule has 0 aliphatic carbocycles. The van der Waals surface area contributed by atoms with Crippen molar-refractivity contribution in [2.45, 2.75) is 126 Å². The van der Waals surface area contributed by atoms with Gasteiger partial charge in [-0.05, 0) is 151 Å². The molecule has 0 spiro atoms. The Morgan fingerprint density at radius 3 is 1.66 bits per heavy atom. The SMILES string of the molecule is Cc1cc(C(C)(C)C)cc(C)c1N1c2cc(C(C)(C)C)cc3c2B(c2cc(-c4csc5ccccc45)ccc2N3c2c(C)cc(C(C)(C)C)cc2-c2ccccc2)c2oc3ccc(C(C)(C)C)cc3c21. The van der Waals surface area contributed by atoms with Crippen molar-refractivity contribution in [1.29, 1.82) is 0 Å². The molecular formula is C65H67BN2OS. The van der Waals surface area contributed by atoms with E-state index in [0.717, 1.165) is 22.3 Å². The number of aryl methyl sites for hydroxylation is 3. The summed E-state index contributed by atoms with van der Waals surface area (Å²) in [4.78, 5) is 5.27. The topological polar surface area (TPSA) is 19.6 Å². The Morgan fingerprint density at radius 2 is 1.01 bits per heavy atom. The second-order valence-corrected chi connectivity index (χ2v) is 25.4. The van der Waals surface area contributed by atoms with Crippen LogP contribution in [0.5, 0.6) is 0 Å². The summed E-state index contributed by atoms with van der Waals surface area (Å²) in [5.74, 6) is 0. The third kappa shape index (κ3) is 7.37. The first-order chi connectivity index (χ1) is 33.0. The molecule has 9 aromatic rings. The van der Waals surface area contributed by atoms with E-state index in [1.807, 2.05) is 11.3 Å². The van der Waals surface area contributed by atoms with Gasteiger partial charge in [-0.2, -0.15) is 0 Å². The number of fused-ring (bicyclic) bond motifs is 7. The molecule has 11 rings (SSSR count). The van der Waals surface area contributed by atoms with Gasteiger partial charge in [0.05, 0.1) is 22.7 Å². The van der Waals surface area contributed by atoms with E-state index in [1.54, 1.807) is 0 Å². The van der Waals surface area contributed by atoms with Crippen LogP contribution >= 0.6 is 11.3 Å². The Morgan fingerprint density at radius 1 is 0.443 bits per heavy atom. The first-order valence-electron chi connectivity index (χ1n) is 25.3. The number of hydrogen-bond acceptors (Lipinski definition) is 4. The van der Waals surface area contributed by atoms with Gasteiger partial charge in [-0.25, -0.2) is 0 Å². The summed E-state index contributed by atoms with van der Waals surface area (Å²) in [6.07, 6.45) is 0. The minimum atomic E-state index is -0.198. The van der Waals surface area contributed by atoms with E-state index >= 15 is 0 Å². The van der Waals surface area contributed by atoms with Gasteiger partial charge in [0.1, 0.15) is 5.58 Å². The zero-order chi connectivity index (χ0) is 49.6. The second-order valence-electron chi connectivity index (χ2n) is 24.5. The van der Waals surface area contributed by atoms with Crippen molar-refractivity contribution < 1.29 is 4.42 Å². The minimum absolute atomic E-state index is 0.00593. The quantitative estimate of drug-likeness (QED) is 0.164. The molecule has 5 heteroatoms. The Kier molecular flexibility index (Phi) is 10.4. The molecule has 3 nitrogen and oxygen atoms in total. The van der Waals surface area contributed by atoms with Crippen molar-refractivity contribution in [1.82, 2.24) is 0 Å². The van der Waals surface area contributed by atoms with E-state index in [0.29, 0.717) is 0 Å². The summed E-state index contributed by atoms with van der Waals surface area (Å²) in [5.41, 5.74) is 25.2. The van der Waals surface area contributed by atoms with Gasteiger partial charge in [0.15, 0.2) is 0 Å². The number of benzene rings is 7. The maximum Gasteiger partial charge on any atom is 0.297 e. The molecule has 352 valence electrons. The van der Waals surface area contributed by atoms with Crippen LogP contribution in [0.4, 0.5) is 34.1 Å². The smallest absolute Gasteiger partial charge is 0.297 e. The Bertz CT molecular complexity index is 3560. The normalized spacial score (nSPS) is 13.8. The monoisotopic (exact) mass is 935 g/mol. The van der Waals surface area contributed by atoms with Crippen molar-refractivity contribution in [3.05, 3.63) is 172 Å². The fraction of sp³-hybridized carbons (Fsp3) is 0.292. The van der Waals surface area contributed by atoms with Gasteiger partial charge < -0.3 is 14.2 Å². The highest BCUT2D eigenvalue weighted by Gasteiger charge is 2.48. The van der Waals surface area contributed by atoms with Crippen molar-refractivity contribution in [2.75, 3.05) is 9.80 Å². The van der Waals surface area contributed by atoms with Crippen LogP contribution in [-0.2, 0) is 21.7 Å². The van der Waals surface area contributed by atoms with Gasteiger partial charge >= 0.3 is 0 Å². The first-order valence-corrected chi connectivity index (χ1v) is 26.2. The van der Waals surface area contributed by atoms with Gasteiger partial charge in [0.25, 0.3) is 6.71 Å². The molecule has 4 heterocycles. The van der Waals surface area contributed by atoms with Crippen LogP contribution < -0.4 is 26.4 Å². The van der Waals surface area contributed by atoms with E-state index in [1.165, 1.54) is 111 Å². The average Bonchev–Trinajstić information content (AvgIpc) is 3.90. The summed E-state index contributed by atoms with van der Waals surface area (Å²) in [6, 6.07) is 49.0. The molecule has 0 atom stereocenters. The molecular weight excluding hydrogens is 868 g/mol. The molecule has 2 aliphatic heterocycles. The van der Waals surface area contributed by atoms with E-state index in [9.17, 15) is 0 Å². The Balaban J connectivity index is 1.32. The van der Waals surface area contributed by atoms with Crippen molar-refractivity contribution >= 4 is 89.8 Å². The molecule has 70 heavy (non-hydrogen) atoms. The van der Waals surface area contributed by atoms with Crippen LogP contribution in [0.3, 0.4) is 0 Å². The average molecular weight is 935 g/mol. The molecule has 0 saturated carbocycles. The summed E-state index contributed by atoms with van der Waals surface area (Å²) in [5, 5.41) is 4.79. The lowest BCUT2D eigenvalue weighted by Crippen LogP contribution is -2.61. The highest BCUT2D eigenvalue weighted by Crippen LogP contribution is 2.53.